The van der Waals surface area contributed by atoms with E-state index in [1.807, 2.05) is 20.8 Å². The summed E-state index contributed by atoms with van der Waals surface area (Å²) in [6, 6.07) is 1.78. The summed E-state index contributed by atoms with van der Waals surface area (Å²) in [6.07, 6.45) is 3.47. The average Bonchev–Trinajstić information content (AvgIpc) is 2.54. The summed E-state index contributed by atoms with van der Waals surface area (Å²) in [5.74, 6) is 5.96. The van der Waals surface area contributed by atoms with Gasteiger partial charge in [-0.3, -0.25) is 0 Å². The van der Waals surface area contributed by atoms with E-state index in [2.05, 4.69) is 27.0 Å². The maximum atomic E-state index is 12.0. The number of hydrogen-bond acceptors (Lipinski definition) is 5. The lowest BCUT2D eigenvalue weighted by molar-refractivity contribution is 0.0500. The third kappa shape index (κ3) is 6.40. The van der Waals surface area contributed by atoms with Gasteiger partial charge in [0.25, 0.3) is 0 Å². The number of piperidine rings is 1. The molecule has 142 valence electrons. The Morgan fingerprint density at radius 3 is 3.00 bits per heavy atom. The zero-order chi connectivity index (χ0) is 19.2. The highest BCUT2D eigenvalue weighted by Crippen LogP contribution is 2.26. The van der Waals surface area contributed by atoms with E-state index in [4.69, 9.17) is 21.4 Å². The van der Waals surface area contributed by atoms with Crippen LogP contribution in [0, 0.1) is 11.8 Å². The van der Waals surface area contributed by atoms with Crippen molar-refractivity contribution in [2.45, 2.75) is 51.7 Å². The number of nitrogens with one attached hydrogen (secondary N) is 1. The second-order valence-electron chi connectivity index (χ2n) is 7.23. The number of nitrogens with zero attached hydrogens (tertiary/aromatic N) is 2. The minimum absolute atomic E-state index is 0.0104. The number of carbonyl (C=O) groups is 1. The quantitative estimate of drug-likeness (QED) is 0.623. The van der Waals surface area contributed by atoms with E-state index in [0.717, 1.165) is 30.6 Å². The highest BCUT2D eigenvalue weighted by Gasteiger charge is 2.25. The maximum Gasteiger partial charge on any atom is 0.407 e. The molecule has 0 unspecified atom stereocenters. The standard InChI is InChI=1S/C19H26ClN3O3/c1-19(2,3)26-18(25)22-15-8-6-9-23(13-15)16-11-17(20)21-12-14(16)7-4-5-10-24/h11-12,15,24H,5-6,8-10,13H2,1-3H3,(H,22,25)/t15-/m0/s1. The van der Waals surface area contributed by atoms with E-state index >= 15 is 0 Å². The first-order chi connectivity index (χ1) is 12.3. The number of hydrogen-bond donors (Lipinski definition) is 2. The van der Waals surface area contributed by atoms with Crippen LogP contribution in [0.2, 0.25) is 5.15 Å². The summed E-state index contributed by atoms with van der Waals surface area (Å²) in [7, 11) is 0. The Bertz CT molecular complexity index is 691. The van der Waals surface area contributed by atoms with E-state index in [-0.39, 0.29) is 12.6 Å². The molecule has 0 aliphatic carbocycles. The highest BCUT2D eigenvalue weighted by molar-refractivity contribution is 6.29. The number of ether oxygens (including phenoxy) is 1. The maximum absolute atomic E-state index is 12.0. The molecule has 26 heavy (non-hydrogen) atoms. The number of rotatable bonds is 3. The van der Waals surface area contributed by atoms with Crippen molar-refractivity contribution in [3.63, 3.8) is 0 Å². The van der Waals surface area contributed by atoms with Gasteiger partial charge in [0, 0.05) is 37.8 Å². The number of aromatic nitrogens is 1. The second-order valence-corrected chi connectivity index (χ2v) is 7.62. The molecule has 0 saturated carbocycles. The zero-order valence-electron chi connectivity index (χ0n) is 15.5. The SMILES string of the molecule is CC(C)(C)OC(=O)N[C@H]1CCCN(c2cc(Cl)ncc2C#CCCO)C1. The normalized spacial score (nSPS) is 17.3. The molecule has 2 heterocycles. The Morgan fingerprint density at radius 1 is 1.54 bits per heavy atom. The molecule has 0 spiro atoms. The smallest absolute Gasteiger partial charge is 0.407 e. The predicted molar refractivity (Wildman–Crippen MR) is 102 cm³/mol. The summed E-state index contributed by atoms with van der Waals surface area (Å²) in [6.45, 7) is 7.05. The van der Waals surface area contributed by atoms with Crippen molar-refractivity contribution in [2.24, 2.45) is 0 Å². The van der Waals surface area contributed by atoms with Gasteiger partial charge in [-0.25, -0.2) is 9.78 Å². The first-order valence-electron chi connectivity index (χ1n) is 8.78. The Balaban J connectivity index is 2.10. The van der Waals surface area contributed by atoms with E-state index < -0.39 is 11.7 Å². The van der Waals surface area contributed by atoms with Crippen LogP contribution in [0.4, 0.5) is 10.5 Å². The summed E-state index contributed by atoms with van der Waals surface area (Å²) >= 11 is 6.08. The Labute approximate surface area is 159 Å². The van der Waals surface area contributed by atoms with Crippen molar-refractivity contribution in [3.8, 4) is 11.8 Å². The molecule has 7 heteroatoms. The number of amides is 1. The molecular weight excluding hydrogens is 354 g/mol. The van der Waals surface area contributed by atoms with Crippen molar-refractivity contribution in [2.75, 3.05) is 24.6 Å². The molecule has 0 aromatic carbocycles. The second kappa shape index (κ2) is 9.11. The van der Waals surface area contributed by atoms with Crippen molar-refractivity contribution in [3.05, 3.63) is 23.0 Å². The third-order valence-electron chi connectivity index (χ3n) is 3.79. The number of carbonyl (C=O) groups excluding carboxylic acids is 1. The molecule has 0 radical (unpaired) electrons. The molecule has 1 aromatic heterocycles. The highest BCUT2D eigenvalue weighted by atomic mass is 35.5. The van der Waals surface area contributed by atoms with Crippen LogP contribution in [0.5, 0.6) is 0 Å². The lowest BCUT2D eigenvalue weighted by Gasteiger charge is -2.35. The molecular formula is C19H26ClN3O3. The van der Waals surface area contributed by atoms with Crippen LogP contribution >= 0.6 is 11.6 Å². The van der Waals surface area contributed by atoms with Crippen molar-refractivity contribution in [1.29, 1.82) is 0 Å². The van der Waals surface area contributed by atoms with Gasteiger partial charge in [0.05, 0.1) is 17.9 Å². The van der Waals surface area contributed by atoms with Crippen LogP contribution in [0.1, 0.15) is 45.6 Å². The van der Waals surface area contributed by atoms with Gasteiger partial charge in [-0.2, -0.15) is 0 Å². The fourth-order valence-corrected chi connectivity index (χ4v) is 2.93. The number of halogens is 1. The number of pyridine rings is 1. The van der Waals surface area contributed by atoms with Crippen LogP contribution in [-0.2, 0) is 4.74 Å². The number of aliphatic hydroxyl groups excluding tert-OH is 1. The molecule has 1 aliphatic heterocycles. The van der Waals surface area contributed by atoms with E-state index in [0.29, 0.717) is 18.1 Å². The van der Waals surface area contributed by atoms with Gasteiger partial charge < -0.3 is 20.1 Å². The van der Waals surface area contributed by atoms with Crippen LogP contribution in [0.3, 0.4) is 0 Å². The van der Waals surface area contributed by atoms with Gasteiger partial charge in [0.2, 0.25) is 0 Å². The van der Waals surface area contributed by atoms with Gasteiger partial charge in [0.15, 0.2) is 0 Å². The van der Waals surface area contributed by atoms with Gasteiger partial charge >= 0.3 is 6.09 Å². The summed E-state index contributed by atoms with van der Waals surface area (Å²) in [5, 5.41) is 12.2. The molecule has 2 N–H and O–H groups in total. The average molecular weight is 380 g/mol. The zero-order valence-corrected chi connectivity index (χ0v) is 16.3. The molecule has 1 fully saturated rings. The summed E-state index contributed by atoms with van der Waals surface area (Å²) < 4.78 is 5.34. The molecule has 1 aliphatic rings. The minimum Gasteiger partial charge on any atom is -0.444 e. The van der Waals surface area contributed by atoms with Gasteiger partial charge in [-0.1, -0.05) is 23.4 Å². The number of anilines is 1. The molecule has 1 saturated heterocycles. The number of aliphatic hydroxyl groups is 1. The third-order valence-corrected chi connectivity index (χ3v) is 4.00. The fourth-order valence-electron chi connectivity index (χ4n) is 2.78. The molecule has 6 nitrogen and oxygen atoms in total. The Kier molecular flexibility index (Phi) is 7.13. The first kappa shape index (κ1) is 20.3. The van der Waals surface area contributed by atoms with E-state index in [1.165, 1.54) is 0 Å². The van der Waals surface area contributed by atoms with Crippen LogP contribution in [-0.4, -0.2) is 47.5 Å². The van der Waals surface area contributed by atoms with E-state index in [9.17, 15) is 4.79 Å². The summed E-state index contributed by atoms with van der Waals surface area (Å²) in [4.78, 5) is 18.3. The van der Waals surface area contributed by atoms with Crippen LogP contribution < -0.4 is 10.2 Å². The van der Waals surface area contributed by atoms with Crippen molar-refractivity contribution in [1.82, 2.24) is 10.3 Å². The molecule has 1 aromatic rings. The number of alkyl carbamates (subject to hydrolysis) is 1. The molecule has 1 amide bonds. The van der Waals surface area contributed by atoms with Crippen molar-refractivity contribution >= 4 is 23.4 Å². The fraction of sp³-hybridized carbons (Fsp3) is 0.579. The van der Waals surface area contributed by atoms with E-state index in [1.54, 1.807) is 12.3 Å². The van der Waals surface area contributed by atoms with Gasteiger partial charge in [-0.15, -0.1) is 0 Å². The molecule has 2 rings (SSSR count). The Hall–Kier alpha value is -1.97. The monoisotopic (exact) mass is 379 g/mol. The minimum atomic E-state index is -0.521. The molecule has 1 atom stereocenters. The predicted octanol–water partition coefficient (Wildman–Crippen LogP) is 2.96. The van der Waals surface area contributed by atoms with Gasteiger partial charge in [0.1, 0.15) is 10.8 Å². The molecule has 0 bridgehead atoms. The Morgan fingerprint density at radius 2 is 2.31 bits per heavy atom. The largest absolute Gasteiger partial charge is 0.444 e. The van der Waals surface area contributed by atoms with Crippen LogP contribution in [0.25, 0.3) is 0 Å². The van der Waals surface area contributed by atoms with Gasteiger partial charge in [-0.05, 0) is 33.6 Å². The lowest BCUT2D eigenvalue weighted by atomic mass is 10.0. The summed E-state index contributed by atoms with van der Waals surface area (Å²) in [5.41, 5.74) is 1.14. The lowest BCUT2D eigenvalue weighted by Crippen LogP contribution is -2.49. The topological polar surface area (TPSA) is 74.7 Å². The van der Waals surface area contributed by atoms with Crippen LogP contribution in [0.15, 0.2) is 12.3 Å². The first-order valence-corrected chi connectivity index (χ1v) is 9.16. The van der Waals surface area contributed by atoms with Crippen molar-refractivity contribution < 1.29 is 14.6 Å².